The van der Waals surface area contributed by atoms with Gasteiger partial charge in [-0.15, -0.1) is 0 Å². The number of benzene rings is 2. The number of aryl methyl sites for hydroxylation is 2. The van der Waals surface area contributed by atoms with Crippen LogP contribution in [0.2, 0.25) is 0 Å². The second kappa shape index (κ2) is 9.54. The highest BCUT2D eigenvalue weighted by molar-refractivity contribution is 7.80. The highest BCUT2D eigenvalue weighted by Gasteiger charge is 2.10. The van der Waals surface area contributed by atoms with E-state index >= 15 is 0 Å². The number of aromatic amines is 1. The molecule has 1 aromatic heterocycles. The number of nitrogens with zero attached hydrogens (tertiary/aromatic N) is 1. The lowest BCUT2D eigenvalue weighted by Crippen LogP contribution is -2.34. The smallest absolute Gasteiger partial charge is 0.257 e. The Bertz CT molecular complexity index is 1000. The molecule has 3 aromatic rings. The van der Waals surface area contributed by atoms with Crippen LogP contribution in [0.3, 0.4) is 0 Å². The molecule has 30 heavy (non-hydrogen) atoms. The zero-order valence-corrected chi connectivity index (χ0v) is 18.4. The van der Waals surface area contributed by atoms with Crippen LogP contribution in [0.15, 0.2) is 48.5 Å². The summed E-state index contributed by atoms with van der Waals surface area (Å²) in [7, 11) is 0. The number of thiocarbonyl (C=S) groups is 1. The number of nitrogens with one attached hydrogen (secondary N) is 3. The first-order valence-corrected chi connectivity index (χ1v) is 10.2. The number of rotatable bonds is 6. The van der Waals surface area contributed by atoms with E-state index in [1.807, 2.05) is 52.0 Å². The van der Waals surface area contributed by atoms with Crippen LogP contribution >= 0.6 is 12.2 Å². The number of carbonyl (C=O) groups excluding carboxylic acids is 1. The van der Waals surface area contributed by atoms with Gasteiger partial charge in [-0.3, -0.25) is 15.2 Å². The third-order valence-electron chi connectivity index (χ3n) is 4.59. The number of hydrogen-bond donors (Lipinski definition) is 3. The Hall–Kier alpha value is -3.19. The number of carbonyl (C=O) groups is 1. The van der Waals surface area contributed by atoms with Crippen molar-refractivity contribution >= 4 is 28.9 Å². The van der Waals surface area contributed by atoms with Gasteiger partial charge in [0.25, 0.3) is 5.91 Å². The Balaban J connectivity index is 1.55. The summed E-state index contributed by atoms with van der Waals surface area (Å²) in [6.45, 7) is 7.94. The monoisotopic (exact) mass is 422 g/mol. The number of aromatic nitrogens is 2. The first-order valence-electron chi connectivity index (χ1n) is 9.80. The molecule has 3 N–H and O–H groups in total. The van der Waals surface area contributed by atoms with Gasteiger partial charge in [0.15, 0.2) is 5.11 Å². The summed E-state index contributed by atoms with van der Waals surface area (Å²) in [5.74, 6) is 0.453. The normalized spacial score (nSPS) is 10.7. The van der Waals surface area contributed by atoms with Gasteiger partial charge >= 0.3 is 0 Å². The van der Waals surface area contributed by atoms with E-state index in [0.717, 1.165) is 29.2 Å². The van der Waals surface area contributed by atoms with Crippen molar-refractivity contribution in [2.75, 3.05) is 5.32 Å². The number of amides is 1. The average Bonchev–Trinajstić information content (AvgIpc) is 3.01. The maximum Gasteiger partial charge on any atom is 0.257 e. The van der Waals surface area contributed by atoms with Crippen LogP contribution < -0.4 is 15.4 Å². The van der Waals surface area contributed by atoms with E-state index in [1.54, 1.807) is 24.3 Å². The third-order valence-corrected chi connectivity index (χ3v) is 4.79. The molecule has 0 fully saturated rings. The molecule has 156 valence electrons. The summed E-state index contributed by atoms with van der Waals surface area (Å²) >= 11 is 5.28. The van der Waals surface area contributed by atoms with Crippen molar-refractivity contribution in [3.8, 4) is 5.75 Å². The minimum Gasteiger partial charge on any atom is -0.491 e. The van der Waals surface area contributed by atoms with Crippen LogP contribution in [-0.2, 0) is 6.42 Å². The molecule has 0 saturated carbocycles. The van der Waals surface area contributed by atoms with E-state index in [1.165, 1.54) is 11.1 Å². The van der Waals surface area contributed by atoms with Gasteiger partial charge in [-0.1, -0.05) is 12.1 Å². The third kappa shape index (κ3) is 5.67. The minimum atomic E-state index is -0.272. The van der Waals surface area contributed by atoms with E-state index in [-0.39, 0.29) is 17.1 Å². The maximum atomic E-state index is 12.4. The fourth-order valence-corrected chi connectivity index (χ4v) is 3.25. The van der Waals surface area contributed by atoms with E-state index in [0.29, 0.717) is 5.56 Å². The van der Waals surface area contributed by atoms with Crippen molar-refractivity contribution in [2.24, 2.45) is 0 Å². The van der Waals surface area contributed by atoms with E-state index < -0.39 is 0 Å². The molecule has 7 heteroatoms. The Kier molecular flexibility index (Phi) is 6.84. The predicted molar refractivity (Wildman–Crippen MR) is 123 cm³/mol. The summed E-state index contributed by atoms with van der Waals surface area (Å²) in [6, 6.07) is 14.9. The van der Waals surface area contributed by atoms with Crippen LogP contribution in [0.25, 0.3) is 0 Å². The second-order valence-corrected chi connectivity index (χ2v) is 7.79. The van der Waals surface area contributed by atoms with Gasteiger partial charge in [0.05, 0.1) is 11.8 Å². The van der Waals surface area contributed by atoms with Crippen molar-refractivity contribution in [3.63, 3.8) is 0 Å². The van der Waals surface area contributed by atoms with Gasteiger partial charge in [0, 0.05) is 28.9 Å². The van der Waals surface area contributed by atoms with E-state index in [9.17, 15) is 4.79 Å². The molecule has 2 aromatic carbocycles. The highest BCUT2D eigenvalue weighted by atomic mass is 32.1. The molecule has 0 spiro atoms. The molecule has 1 heterocycles. The molecule has 0 aliphatic rings. The zero-order chi connectivity index (χ0) is 21.7. The van der Waals surface area contributed by atoms with E-state index in [4.69, 9.17) is 17.0 Å². The molecule has 6 nitrogen and oxygen atoms in total. The fourth-order valence-electron chi connectivity index (χ4n) is 3.04. The van der Waals surface area contributed by atoms with Crippen molar-refractivity contribution in [1.29, 1.82) is 0 Å². The number of anilines is 1. The lowest BCUT2D eigenvalue weighted by Gasteiger charge is -2.12. The van der Waals surface area contributed by atoms with Gasteiger partial charge in [0.2, 0.25) is 0 Å². The molecule has 0 radical (unpaired) electrons. The van der Waals surface area contributed by atoms with E-state index in [2.05, 4.69) is 20.8 Å². The average molecular weight is 423 g/mol. The molecular formula is C23H26N4O2S. The molecule has 0 unspecified atom stereocenters. The van der Waals surface area contributed by atoms with Crippen LogP contribution in [0.5, 0.6) is 5.75 Å². The van der Waals surface area contributed by atoms with Gasteiger partial charge in [0.1, 0.15) is 5.75 Å². The standard InChI is InChI=1S/C23H26N4O2S/c1-14(2)29-20-11-7-18(8-12-20)22(28)25-23(30)24-19-9-5-17(6-10-19)13-21-15(3)26-27-16(21)4/h5-12,14H,13H2,1-4H3,(H,26,27)(H2,24,25,28,30). The molecule has 0 aliphatic carbocycles. The quantitative estimate of drug-likeness (QED) is 0.509. The number of H-pyrrole nitrogens is 1. The first-order chi connectivity index (χ1) is 14.3. The topological polar surface area (TPSA) is 79.0 Å². The summed E-state index contributed by atoms with van der Waals surface area (Å²) in [5.41, 5.74) is 5.81. The molecule has 0 atom stereocenters. The molecule has 0 saturated heterocycles. The lowest BCUT2D eigenvalue weighted by atomic mass is 10.0. The summed E-state index contributed by atoms with van der Waals surface area (Å²) in [6.07, 6.45) is 0.896. The lowest BCUT2D eigenvalue weighted by molar-refractivity contribution is 0.0977. The fraction of sp³-hybridized carbons (Fsp3) is 0.261. The largest absolute Gasteiger partial charge is 0.491 e. The van der Waals surface area contributed by atoms with Crippen molar-refractivity contribution in [1.82, 2.24) is 15.5 Å². The molecular weight excluding hydrogens is 396 g/mol. The SMILES string of the molecule is Cc1n[nH]c(C)c1Cc1ccc(NC(=S)NC(=O)c2ccc(OC(C)C)cc2)cc1. The Labute approximate surface area is 182 Å². The van der Waals surface area contributed by atoms with Crippen LogP contribution in [0.1, 0.15) is 46.7 Å². The molecule has 1 amide bonds. The van der Waals surface area contributed by atoms with Crippen LogP contribution in [-0.4, -0.2) is 27.3 Å². The molecule has 0 bridgehead atoms. The second-order valence-electron chi connectivity index (χ2n) is 7.39. The number of hydrogen-bond acceptors (Lipinski definition) is 4. The minimum absolute atomic E-state index is 0.0839. The summed E-state index contributed by atoms with van der Waals surface area (Å²) < 4.78 is 5.59. The first kappa shape index (κ1) is 21.5. The van der Waals surface area contributed by atoms with Crippen molar-refractivity contribution in [2.45, 2.75) is 40.2 Å². The Morgan fingerprint density at radius 2 is 1.77 bits per heavy atom. The highest BCUT2D eigenvalue weighted by Crippen LogP contribution is 2.18. The van der Waals surface area contributed by atoms with Crippen LogP contribution in [0.4, 0.5) is 5.69 Å². The van der Waals surface area contributed by atoms with Crippen LogP contribution in [0, 0.1) is 13.8 Å². The van der Waals surface area contributed by atoms with Gasteiger partial charge < -0.3 is 10.1 Å². The Morgan fingerprint density at radius 1 is 1.10 bits per heavy atom. The molecule has 3 rings (SSSR count). The predicted octanol–water partition coefficient (Wildman–Crippen LogP) is 4.53. The molecule has 0 aliphatic heterocycles. The Morgan fingerprint density at radius 3 is 2.33 bits per heavy atom. The van der Waals surface area contributed by atoms with Gasteiger partial charge in [-0.05, 0) is 81.9 Å². The summed E-state index contributed by atoms with van der Waals surface area (Å²) in [5, 5.41) is 13.2. The number of ether oxygens (including phenoxy) is 1. The van der Waals surface area contributed by atoms with Crippen molar-refractivity contribution < 1.29 is 9.53 Å². The van der Waals surface area contributed by atoms with Gasteiger partial charge in [-0.2, -0.15) is 5.10 Å². The summed E-state index contributed by atoms with van der Waals surface area (Å²) in [4.78, 5) is 12.4. The van der Waals surface area contributed by atoms with Gasteiger partial charge in [-0.25, -0.2) is 0 Å². The zero-order valence-electron chi connectivity index (χ0n) is 17.6. The van der Waals surface area contributed by atoms with Crippen molar-refractivity contribution in [3.05, 3.63) is 76.6 Å². The maximum absolute atomic E-state index is 12.4.